The minimum atomic E-state index is -0.654. The number of ether oxygens (including phenoxy) is 2. The van der Waals surface area contributed by atoms with E-state index < -0.39 is 6.10 Å². The average Bonchev–Trinajstić information content (AvgIpc) is 2.19. The third-order valence-corrected chi connectivity index (χ3v) is 3.79. The third kappa shape index (κ3) is 4.21. The van der Waals surface area contributed by atoms with Crippen molar-refractivity contribution in [3.8, 4) is 0 Å². The monoisotopic (exact) mass is 326 g/mol. The van der Waals surface area contributed by atoms with Gasteiger partial charge in [0.2, 0.25) is 0 Å². The van der Waals surface area contributed by atoms with Crippen LogP contribution in [0.15, 0.2) is 11.1 Å². The number of hydrogen-bond donors (Lipinski definition) is 1. The molecule has 0 saturated carbocycles. The molecule has 1 aliphatic rings. The molecule has 0 saturated heterocycles. The first kappa shape index (κ1) is 15.4. The standard InChI is InChI=1S/C12H20BrClO3/c1-6(2)16-11-8(14)5-9(15)10(13)12(11)17-7(3)4/h5-7,9-12,15H,1-4H3/t9-,10+,11+,12-/m0/s1. The molecule has 17 heavy (non-hydrogen) atoms. The number of hydrogen-bond acceptors (Lipinski definition) is 3. The van der Waals surface area contributed by atoms with Crippen LogP contribution in [0.4, 0.5) is 0 Å². The van der Waals surface area contributed by atoms with Crippen LogP contribution in [0.1, 0.15) is 27.7 Å². The van der Waals surface area contributed by atoms with Crippen molar-refractivity contribution in [2.24, 2.45) is 0 Å². The summed E-state index contributed by atoms with van der Waals surface area (Å²) in [6, 6.07) is 0. The fraction of sp³-hybridized carbons (Fsp3) is 0.833. The van der Waals surface area contributed by atoms with Crippen molar-refractivity contribution in [1.29, 1.82) is 0 Å². The Bertz CT molecular complexity index is 281. The number of alkyl halides is 1. The summed E-state index contributed by atoms with van der Waals surface area (Å²) in [4.78, 5) is -0.212. The van der Waals surface area contributed by atoms with E-state index in [1.165, 1.54) is 0 Å². The van der Waals surface area contributed by atoms with Gasteiger partial charge in [-0.25, -0.2) is 0 Å². The molecule has 1 N–H and O–H groups in total. The fourth-order valence-electron chi connectivity index (χ4n) is 1.76. The summed E-state index contributed by atoms with van der Waals surface area (Å²) in [5, 5.41) is 10.3. The molecule has 1 rings (SSSR count). The van der Waals surface area contributed by atoms with Crippen LogP contribution in [-0.2, 0) is 9.47 Å². The molecule has 1 aliphatic carbocycles. The van der Waals surface area contributed by atoms with Gasteiger partial charge in [-0.1, -0.05) is 27.5 Å². The molecule has 0 aromatic rings. The molecule has 5 heteroatoms. The molecule has 3 nitrogen and oxygen atoms in total. The SMILES string of the molecule is CC(C)O[C@H]1[C@H](Br)[C@@H](O)C=C(Cl)[C@H]1OC(C)C. The zero-order chi connectivity index (χ0) is 13.2. The second-order valence-electron chi connectivity index (χ2n) is 4.74. The minimum absolute atomic E-state index is 0.0491. The van der Waals surface area contributed by atoms with Crippen molar-refractivity contribution in [3.05, 3.63) is 11.1 Å². The van der Waals surface area contributed by atoms with Gasteiger partial charge in [-0.05, 0) is 33.8 Å². The summed E-state index contributed by atoms with van der Waals surface area (Å²) in [5.41, 5.74) is 0. The maximum Gasteiger partial charge on any atom is 0.120 e. The van der Waals surface area contributed by atoms with Gasteiger partial charge in [0.05, 0.1) is 23.1 Å². The van der Waals surface area contributed by atoms with Gasteiger partial charge in [-0.2, -0.15) is 0 Å². The van der Waals surface area contributed by atoms with Gasteiger partial charge in [0.15, 0.2) is 0 Å². The Kier molecular flexibility index (Phi) is 5.93. The molecule has 0 bridgehead atoms. The van der Waals surface area contributed by atoms with Gasteiger partial charge in [-0.15, -0.1) is 0 Å². The number of aliphatic hydroxyl groups is 1. The molecule has 0 amide bonds. The number of rotatable bonds is 4. The zero-order valence-electron chi connectivity index (χ0n) is 10.6. The van der Waals surface area contributed by atoms with Crippen LogP contribution in [-0.4, -0.2) is 40.5 Å². The highest BCUT2D eigenvalue weighted by molar-refractivity contribution is 9.09. The van der Waals surface area contributed by atoms with Gasteiger partial charge < -0.3 is 14.6 Å². The van der Waals surface area contributed by atoms with E-state index in [2.05, 4.69) is 15.9 Å². The average molecular weight is 328 g/mol. The number of halogens is 2. The third-order valence-electron chi connectivity index (χ3n) is 2.39. The van der Waals surface area contributed by atoms with Crippen LogP contribution in [0.2, 0.25) is 0 Å². The highest BCUT2D eigenvalue weighted by atomic mass is 79.9. The molecule has 4 atom stereocenters. The van der Waals surface area contributed by atoms with Crippen LogP contribution in [0, 0.1) is 0 Å². The van der Waals surface area contributed by atoms with Gasteiger partial charge in [0.1, 0.15) is 12.2 Å². The Morgan fingerprint density at radius 1 is 1.24 bits per heavy atom. The van der Waals surface area contributed by atoms with Gasteiger partial charge in [0, 0.05) is 5.03 Å². The summed E-state index contributed by atoms with van der Waals surface area (Å²) < 4.78 is 11.6. The molecule has 0 radical (unpaired) electrons. The van der Waals surface area contributed by atoms with Crippen LogP contribution in [0.3, 0.4) is 0 Å². The van der Waals surface area contributed by atoms with Gasteiger partial charge >= 0.3 is 0 Å². The molecular weight excluding hydrogens is 307 g/mol. The lowest BCUT2D eigenvalue weighted by Gasteiger charge is -2.37. The molecule has 0 heterocycles. The first-order chi connectivity index (χ1) is 7.82. The van der Waals surface area contributed by atoms with E-state index in [1.54, 1.807) is 6.08 Å². The van der Waals surface area contributed by atoms with Gasteiger partial charge in [0.25, 0.3) is 0 Å². The predicted octanol–water partition coefficient (Wildman–Crippen LogP) is 2.83. The largest absolute Gasteiger partial charge is 0.388 e. The highest BCUT2D eigenvalue weighted by Crippen LogP contribution is 2.33. The maximum atomic E-state index is 9.84. The molecule has 0 aromatic carbocycles. The Labute approximate surface area is 116 Å². The Balaban J connectivity index is 2.89. The van der Waals surface area contributed by atoms with Crippen molar-refractivity contribution in [3.63, 3.8) is 0 Å². The first-order valence-electron chi connectivity index (χ1n) is 5.83. The van der Waals surface area contributed by atoms with E-state index in [-0.39, 0.29) is 29.2 Å². The maximum absolute atomic E-state index is 9.84. The summed E-state index contributed by atoms with van der Waals surface area (Å²) in [7, 11) is 0. The van der Waals surface area contributed by atoms with E-state index >= 15 is 0 Å². The number of aliphatic hydroxyl groups excluding tert-OH is 1. The second kappa shape index (κ2) is 6.53. The lowest BCUT2D eigenvalue weighted by atomic mass is 9.98. The lowest BCUT2D eigenvalue weighted by Crippen LogP contribution is -2.49. The fourth-order valence-corrected chi connectivity index (χ4v) is 2.62. The quantitative estimate of drug-likeness (QED) is 0.807. The normalized spacial score (nSPS) is 34.3. The van der Waals surface area contributed by atoms with E-state index in [0.717, 1.165) is 0 Å². The molecular formula is C12H20BrClO3. The van der Waals surface area contributed by atoms with Crippen molar-refractivity contribution in [2.75, 3.05) is 0 Å². The Morgan fingerprint density at radius 3 is 2.24 bits per heavy atom. The Morgan fingerprint density at radius 2 is 1.76 bits per heavy atom. The lowest BCUT2D eigenvalue weighted by molar-refractivity contribution is -0.104. The topological polar surface area (TPSA) is 38.7 Å². The zero-order valence-corrected chi connectivity index (χ0v) is 12.9. The molecule has 0 aromatic heterocycles. The van der Waals surface area contributed by atoms with Crippen LogP contribution in [0.25, 0.3) is 0 Å². The summed E-state index contributed by atoms with van der Waals surface area (Å²) in [6.07, 6.45) is 0.437. The van der Waals surface area contributed by atoms with Crippen LogP contribution in [0.5, 0.6) is 0 Å². The van der Waals surface area contributed by atoms with E-state index in [1.807, 2.05) is 27.7 Å². The van der Waals surface area contributed by atoms with Gasteiger partial charge in [-0.3, -0.25) is 0 Å². The predicted molar refractivity (Wildman–Crippen MR) is 72.7 cm³/mol. The molecule has 0 spiro atoms. The summed E-state index contributed by atoms with van der Waals surface area (Å²) in [5.74, 6) is 0. The van der Waals surface area contributed by atoms with Crippen LogP contribution >= 0.6 is 27.5 Å². The molecule has 0 aliphatic heterocycles. The van der Waals surface area contributed by atoms with Crippen molar-refractivity contribution < 1.29 is 14.6 Å². The molecule has 0 unspecified atom stereocenters. The van der Waals surface area contributed by atoms with Crippen molar-refractivity contribution >= 4 is 27.5 Å². The van der Waals surface area contributed by atoms with Crippen LogP contribution < -0.4 is 0 Å². The minimum Gasteiger partial charge on any atom is -0.388 e. The first-order valence-corrected chi connectivity index (χ1v) is 7.12. The van der Waals surface area contributed by atoms with E-state index in [0.29, 0.717) is 5.03 Å². The van der Waals surface area contributed by atoms with E-state index in [9.17, 15) is 5.11 Å². The molecule has 0 fully saturated rings. The Hall–Kier alpha value is 0.390. The summed E-state index contributed by atoms with van der Waals surface area (Å²) >= 11 is 9.59. The van der Waals surface area contributed by atoms with E-state index in [4.69, 9.17) is 21.1 Å². The van der Waals surface area contributed by atoms with Crippen molar-refractivity contribution in [2.45, 2.75) is 63.0 Å². The summed E-state index contributed by atoms with van der Waals surface area (Å²) in [6.45, 7) is 7.80. The molecule has 100 valence electrons. The highest BCUT2D eigenvalue weighted by Gasteiger charge is 2.40. The second-order valence-corrected chi connectivity index (χ2v) is 6.24. The smallest absolute Gasteiger partial charge is 0.120 e. The van der Waals surface area contributed by atoms with Crippen molar-refractivity contribution in [1.82, 2.24) is 0 Å².